The van der Waals surface area contributed by atoms with Gasteiger partial charge >= 0.3 is 0 Å². The third-order valence-corrected chi connectivity index (χ3v) is 5.09. The number of hydrogen-bond acceptors (Lipinski definition) is 7. The lowest BCUT2D eigenvalue weighted by atomic mass is 10.0. The van der Waals surface area contributed by atoms with Crippen LogP contribution < -0.4 is 10.1 Å². The summed E-state index contributed by atoms with van der Waals surface area (Å²) in [6.45, 7) is 4.16. The van der Waals surface area contributed by atoms with E-state index in [0.717, 1.165) is 24.7 Å². The van der Waals surface area contributed by atoms with Crippen LogP contribution in [0.2, 0.25) is 0 Å². The average Bonchev–Trinajstić information content (AvgIpc) is 3.39. The van der Waals surface area contributed by atoms with Crippen LogP contribution in [0.15, 0.2) is 40.9 Å². The predicted octanol–water partition coefficient (Wildman–Crippen LogP) is 3.84. The molecule has 1 heterocycles. The van der Waals surface area contributed by atoms with Gasteiger partial charge in [-0.15, -0.1) is 0 Å². The van der Waals surface area contributed by atoms with Crippen molar-refractivity contribution in [2.24, 2.45) is 0 Å². The van der Waals surface area contributed by atoms with Crippen LogP contribution in [0.5, 0.6) is 5.75 Å². The minimum absolute atomic E-state index is 0.0250. The molecule has 0 radical (unpaired) electrons. The monoisotopic (exact) mass is 402 g/mol. The Morgan fingerprint density at radius 1 is 1.37 bits per heavy atom. The summed E-state index contributed by atoms with van der Waals surface area (Å²) in [7, 11) is 0. The highest BCUT2D eigenvalue weighted by Crippen LogP contribution is 2.37. The molecule has 0 unspecified atom stereocenters. The fourth-order valence-electron chi connectivity index (χ4n) is 3.82. The molecule has 152 valence electrons. The lowest BCUT2D eigenvalue weighted by Gasteiger charge is -2.12. The van der Waals surface area contributed by atoms with E-state index in [2.05, 4.69) is 27.6 Å². The summed E-state index contributed by atoms with van der Waals surface area (Å²) in [5.74, 6) is 1.40. The van der Waals surface area contributed by atoms with Gasteiger partial charge in [0.25, 0.3) is 5.89 Å². The lowest BCUT2D eigenvalue weighted by Crippen LogP contribution is -2.21. The number of carbonyl (C=O) groups excluding carboxylic acids is 1. The number of ether oxygens (including phenoxy) is 1. The second-order valence-corrected chi connectivity index (χ2v) is 7.45. The summed E-state index contributed by atoms with van der Waals surface area (Å²) in [6.07, 6.45) is 2.66. The largest absolute Gasteiger partial charge is 0.490 e. The Morgan fingerprint density at radius 2 is 2.23 bits per heavy atom. The summed E-state index contributed by atoms with van der Waals surface area (Å²) >= 11 is 0. The molecule has 0 aliphatic heterocycles. The fourth-order valence-corrected chi connectivity index (χ4v) is 3.82. The second-order valence-electron chi connectivity index (χ2n) is 7.45. The number of aldehydes is 1. The van der Waals surface area contributed by atoms with Gasteiger partial charge < -0.3 is 19.4 Å². The quantitative estimate of drug-likeness (QED) is 0.599. The number of nitrogens with zero attached hydrogens (tertiary/aromatic N) is 3. The predicted molar refractivity (Wildman–Crippen MR) is 111 cm³/mol. The summed E-state index contributed by atoms with van der Waals surface area (Å²) < 4.78 is 11.2. The first-order valence-corrected chi connectivity index (χ1v) is 9.94. The van der Waals surface area contributed by atoms with Crippen molar-refractivity contribution in [3.05, 3.63) is 53.1 Å². The molecule has 0 amide bonds. The van der Waals surface area contributed by atoms with E-state index in [1.807, 2.05) is 32.0 Å². The number of aromatic nitrogens is 2. The second kappa shape index (κ2) is 8.47. The topological polar surface area (TPSA) is 101 Å². The van der Waals surface area contributed by atoms with Gasteiger partial charge in [-0.25, -0.2) is 0 Å². The van der Waals surface area contributed by atoms with Gasteiger partial charge in [0.05, 0.1) is 18.2 Å². The zero-order valence-corrected chi connectivity index (χ0v) is 16.9. The van der Waals surface area contributed by atoms with Crippen molar-refractivity contribution in [2.45, 2.75) is 38.8 Å². The highest BCUT2D eigenvalue weighted by atomic mass is 16.5. The highest BCUT2D eigenvalue weighted by molar-refractivity contribution is 5.67. The van der Waals surface area contributed by atoms with E-state index in [1.165, 1.54) is 11.1 Å². The van der Waals surface area contributed by atoms with E-state index < -0.39 is 0 Å². The molecule has 1 aliphatic carbocycles. The van der Waals surface area contributed by atoms with Crippen LogP contribution in [0.1, 0.15) is 43.0 Å². The smallest absolute Gasteiger partial charge is 0.258 e. The van der Waals surface area contributed by atoms with Crippen molar-refractivity contribution in [1.82, 2.24) is 15.5 Å². The van der Waals surface area contributed by atoms with Gasteiger partial charge in [0.15, 0.2) is 0 Å². The Balaban J connectivity index is 1.64. The number of nitrogens with one attached hydrogen (secondary N) is 1. The zero-order valence-electron chi connectivity index (χ0n) is 16.9. The van der Waals surface area contributed by atoms with Crippen molar-refractivity contribution in [1.29, 1.82) is 5.26 Å². The molecule has 1 N–H and O–H groups in total. The number of rotatable bonds is 7. The zero-order chi connectivity index (χ0) is 21.1. The maximum Gasteiger partial charge on any atom is 0.258 e. The van der Waals surface area contributed by atoms with Gasteiger partial charge in [-0.1, -0.05) is 23.4 Å². The van der Waals surface area contributed by atoms with Crippen molar-refractivity contribution in [3.63, 3.8) is 0 Å². The van der Waals surface area contributed by atoms with Gasteiger partial charge in [-0.3, -0.25) is 0 Å². The normalized spacial score (nSPS) is 15.1. The van der Waals surface area contributed by atoms with E-state index >= 15 is 0 Å². The third kappa shape index (κ3) is 3.82. The fraction of sp³-hybridized carbons (Fsp3) is 0.304. The molecule has 2 aromatic carbocycles. The summed E-state index contributed by atoms with van der Waals surface area (Å²) in [5, 5.41) is 16.9. The summed E-state index contributed by atoms with van der Waals surface area (Å²) in [6, 6.07) is 13.6. The molecular weight excluding hydrogens is 380 g/mol. The molecule has 7 heteroatoms. The molecule has 30 heavy (non-hydrogen) atoms. The van der Waals surface area contributed by atoms with Crippen molar-refractivity contribution in [3.8, 4) is 34.7 Å². The molecule has 1 atom stereocenters. The average molecular weight is 402 g/mol. The molecule has 7 nitrogen and oxygen atoms in total. The van der Waals surface area contributed by atoms with Crippen LogP contribution in [0.3, 0.4) is 0 Å². The Bertz CT molecular complexity index is 1110. The maximum absolute atomic E-state index is 10.7. The maximum atomic E-state index is 10.7. The van der Waals surface area contributed by atoms with Crippen molar-refractivity contribution >= 4 is 6.29 Å². The van der Waals surface area contributed by atoms with Gasteiger partial charge in [-0.2, -0.15) is 10.2 Å². The van der Waals surface area contributed by atoms with E-state index in [9.17, 15) is 10.1 Å². The van der Waals surface area contributed by atoms with Crippen LogP contribution in [0.25, 0.3) is 22.8 Å². The van der Waals surface area contributed by atoms with Crippen LogP contribution in [-0.2, 0) is 11.2 Å². The lowest BCUT2D eigenvalue weighted by molar-refractivity contribution is -0.107. The summed E-state index contributed by atoms with van der Waals surface area (Å²) in [4.78, 5) is 15.3. The SMILES string of the molecule is CC(C)Oc1ccc(-c2nc(-c3cccc4c3CC[C@@H]4NCC=O)no2)cc1C#N. The molecule has 0 bridgehead atoms. The number of benzene rings is 2. The van der Waals surface area contributed by atoms with E-state index in [0.29, 0.717) is 35.1 Å². The minimum atomic E-state index is -0.0250. The molecule has 0 fully saturated rings. The van der Waals surface area contributed by atoms with Gasteiger partial charge in [0, 0.05) is 17.2 Å². The first-order valence-electron chi connectivity index (χ1n) is 9.94. The van der Waals surface area contributed by atoms with Crippen LogP contribution in [0.4, 0.5) is 0 Å². The standard InChI is InChI=1S/C23H22N4O3/c1-14(2)29-21-9-6-15(12-16(21)13-24)23-26-22(27-30-23)19-5-3-4-18-17(19)7-8-20(18)25-10-11-28/h3-6,9,11-12,14,20,25H,7-8,10H2,1-2H3/t20-/m0/s1. The van der Waals surface area contributed by atoms with Crippen LogP contribution in [0, 0.1) is 11.3 Å². The summed E-state index contributed by atoms with van der Waals surface area (Å²) in [5.41, 5.74) is 4.36. The first kappa shape index (κ1) is 19.8. The van der Waals surface area contributed by atoms with Gasteiger partial charge in [-0.05, 0) is 56.0 Å². The number of nitriles is 1. The Kier molecular flexibility index (Phi) is 5.59. The van der Waals surface area contributed by atoms with Crippen LogP contribution >= 0.6 is 0 Å². The molecule has 0 saturated heterocycles. The van der Waals surface area contributed by atoms with Gasteiger partial charge in [0.1, 0.15) is 18.1 Å². The van der Waals surface area contributed by atoms with E-state index in [4.69, 9.17) is 9.26 Å². The number of carbonyl (C=O) groups is 1. The van der Waals surface area contributed by atoms with E-state index in [-0.39, 0.29) is 12.1 Å². The van der Waals surface area contributed by atoms with Crippen molar-refractivity contribution < 1.29 is 14.1 Å². The van der Waals surface area contributed by atoms with E-state index in [1.54, 1.807) is 12.1 Å². The third-order valence-electron chi connectivity index (χ3n) is 5.09. The first-order chi connectivity index (χ1) is 14.6. The molecule has 0 spiro atoms. The molecule has 4 rings (SSSR count). The Labute approximate surface area is 174 Å². The molecular formula is C23H22N4O3. The molecule has 1 aromatic heterocycles. The Hall–Kier alpha value is -3.50. The molecule has 3 aromatic rings. The molecule has 0 saturated carbocycles. The highest BCUT2D eigenvalue weighted by Gasteiger charge is 2.26. The minimum Gasteiger partial charge on any atom is -0.490 e. The Morgan fingerprint density at radius 3 is 3.00 bits per heavy atom. The molecule has 1 aliphatic rings. The van der Waals surface area contributed by atoms with Crippen LogP contribution in [-0.4, -0.2) is 29.1 Å². The number of hydrogen-bond donors (Lipinski definition) is 1. The van der Waals surface area contributed by atoms with Gasteiger partial charge in [0.2, 0.25) is 5.82 Å². The van der Waals surface area contributed by atoms with Crippen molar-refractivity contribution in [2.75, 3.05) is 6.54 Å². The number of fused-ring (bicyclic) bond motifs is 1.